The molecule has 0 unspecified atom stereocenters. The SMILES string of the molecule is O=S(=O)(c1cc(C(F)(F)F)cc(C(F)(F)F)c1)N1CCC[C@@H](Nc2nccc(-c3c(-c4ccc(F)cc4)nc4occn34)n2)C1. The van der Waals surface area contributed by atoms with Crippen LogP contribution in [0.2, 0.25) is 0 Å². The van der Waals surface area contributed by atoms with Crippen LogP contribution >= 0.6 is 0 Å². The molecule has 9 nitrogen and oxygen atoms in total. The first-order valence-electron chi connectivity index (χ1n) is 13.3. The van der Waals surface area contributed by atoms with Gasteiger partial charge in [-0.2, -0.15) is 35.6 Å². The predicted molar refractivity (Wildman–Crippen MR) is 146 cm³/mol. The summed E-state index contributed by atoms with van der Waals surface area (Å²) < 4.78 is 128. The lowest BCUT2D eigenvalue weighted by Crippen LogP contribution is -2.45. The van der Waals surface area contributed by atoms with Crippen LogP contribution in [0.15, 0.2) is 76.5 Å². The zero-order valence-corrected chi connectivity index (χ0v) is 23.6. The molecule has 45 heavy (non-hydrogen) atoms. The molecule has 0 amide bonds. The fourth-order valence-electron chi connectivity index (χ4n) is 5.09. The molecule has 0 saturated carbocycles. The lowest BCUT2D eigenvalue weighted by Gasteiger charge is -2.32. The van der Waals surface area contributed by atoms with E-state index >= 15 is 0 Å². The molecule has 5 aromatic rings. The molecular weight excluding hydrogens is 633 g/mol. The fraction of sp³-hybridized carbons (Fsp3) is 0.250. The minimum absolute atomic E-state index is 0.0821. The summed E-state index contributed by atoms with van der Waals surface area (Å²) in [7, 11) is -4.75. The van der Waals surface area contributed by atoms with Crippen LogP contribution in [-0.2, 0) is 22.4 Å². The summed E-state index contributed by atoms with van der Waals surface area (Å²) in [6.07, 6.45) is -5.26. The number of hydrogen-bond donors (Lipinski definition) is 1. The third-order valence-corrected chi connectivity index (χ3v) is 9.04. The Morgan fingerprint density at radius 1 is 0.933 bits per heavy atom. The van der Waals surface area contributed by atoms with Crippen LogP contribution in [0, 0.1) is 5.82 Å². The minimum atomic E-state index is -5.20. The van der Waals surface area contributed by atoms with Gasteiger partial charge in [-0.3, -0.25) is 4.40 Å². The van der Waals surface area contributed by atoms with E-state index in [0.717, 1.165) is 4.31 Å². The van der Waals surface area contributed by atoms with Gasteiger partial charge in [0.2, 0.25) is 16.0 Å². The van der Waals surface area contributed by atoms with Gasteiger partial charge in [-0.05, 0) is 61.4 Å². The fourth-order valence-corrected chi connectivity index (χ4v) is 6.68. The second-order valence-corrected chi connectivity index (χ2v) is 12.2. The maximum Gasteiger partial charge on any atom is 0.416 e. The Balaban J connectivity index is 1.28. The highest BCUT2D eigenvalue weighted by Crippen LogP contribution is 2.38. The molecule has 6 rings (SSSR count). The van der Waals surface area contributed by atoms with Crippen LogP contribution in [0.4, 0.5) is 36.7 Å². The van der Waals surface area contributed by atoms with Crippen molar-refractivity contribution in [1.82, 2.24) is 23.7 Å². The minimum Gasteiger partial charge on any atom is -0.432 e. The Morgan fingerprint density at radius 2 is 1.62 bits per heavy atom. The summed E-state index contributed by atoms with van der Waals surface area (Å²) in [5.74, 6) is -0.110. The molecule has 0 bridgehead atoms. The zero-order chi connectivity index (χ0) is 32.1. The summed E-state index contributed by atoms with van der Waals surface area (Å²) in [5, 5.41) is 3.03. The average molecular weight is 655 g/mol. The van der Waals surface area contributed by atoms with E-state index < -0.39 is 50.3 Å². The first kappa shape index (κ1) is 30.5. The maximum absolute atomic E-state index is 13.6. The number of oxazole rings is 1. The first-order valence-corrected chi connectivity index (χ1v) is 14.8. The van der Waals surface area contributed by atoms with Crippen molar-refractivity contribution < 1.29 is 43.6 Å². The zero-order valence-electron chi connectivity index (χ0n) is 22.8. The second-order valence-electron chi connectivity index (χ2n) is 10.2. The number of alkyl halides is 6. The van der Waals surface area contributed by atoms with Crippen LogP contribution in [0.3, 0.4) is 0 Å². The molecule has 0 radical (unpaired) electrons. The van der Waals surface area contributed by atoms with Crippen molar-refractivity contribution >= 4 is 21.8 Å². The van der Waals surface area contributed by atoms with Crippen molar-refractivity contribution in [3.63, 3.8) is 0 Å². The van der Waals surface area contributed by atoms with Gasteiger partial charge in [-0.15, -0.1) is 0 Å². The van der Waals surface area contributed by atoms with Gasteiger partial charge in [0.1, 0.15) is 23.5 Å². The van der Waals surface area contributed by atoms with Crippen molar-refractivity contribution in [2.75, 3.05) is 18.4 Å². The number of rotatable bonds is 6. The number of nitrogens with one attached hydrogen (secondary N) is 1. The average Bonchev–Trinajstić information content (AvgIpc) is 3.58. The Bertz CT molecular complexity index is 1940. The third kappa shape index (κ3) is 6.09. The van der Waals surface area contributed by atoms with Gasteiger partial charge in [-0.25, -0.2) is 22.8 Å². The van der Waals surface area contributed by atoms with Crippen LogP contribution < -0.4 is 5.32 Å². The van der Waals surface area contributed by atoms with E-state index in [0.29, 0.717) is 29.1 Å². The number of hydrogen-bond acceptors (Lipinski definition) is 7. The molecule has 4 heterocycles. The molecule has 1 atom stereocenters. The molecule has 17 heteroatoms. The third-order valence-electron chi connectivity index (χ3n) is 7.19. The van der Waals surface area contributed by atoms with E-state index in [-0.39, 0.29) is 49.5 Å². The van der Waals surface area contributed by atoms with Crippen molar-refractivity contribution in [1.29, 1.82) is 0 Å². The Kier molecular flexibility index (Phi) is 7.55. The molecule has 3 aromatic heterocycles. The Hall–Kier alpha value is -4.51. The summed E-state index contributed by atoms with van der Waals surface area (Å²) in [6, 6.07) is 6.89. The van der Waals surface area contributed by atoms with E-state index in [2.05, 4.69) is 20.3 Å². The van der Waals surface area contributed by atoms with Gasteiger partial charge in [-0.1, -0.05) is 0 Å². The van der Waals surface area contributed by atoms with E-state index in [4.69, 9.17) is 4.42 Å². The number of aromatic nitrogens is 4. The normalized spacial score (nSPS) is 16.7. The number of benzene rings is 2. The first-order chi connectivity index (χ1) is 21.2. The van der Waals surface area contributed by atoms with Gasteiger partial charge in [0.15, 0.2) is 0 Å². The number of imidazole rings is 1. The molecule has 1 N–H and O–H groups in total. The molecule has 2 aromatic carbocycles. The largest absolute Gasteiger partial charge is 0.432 e. The maximum atomic E-state index is 13.6. The van der Waals surface area contributed by atoms with Crippen LogP contribution in [0.5, 0.6) is 0 Å². The highest BCUT2D eigenvalue weighted by Gasteiger charge is 2.40. The van der Waals surface area contributed by atoms with Crippen molar-refractivity contribution in [2.24, 2.45) is 0 Å². The number of sulfonamides is 1. The topological polar surface area (TPSA) is 106 Å². The van der Waals surface area contributed by atoms with E-state index in [1.165, 1.54) is 24.6 Å². The van der Waals surface area contributed by atoms with Crippen molar-refractivity contribution in [3.05, 3.63) is 84.1 Å². The summed E-state index contributed by atoms with van der Waals surface area (Å²) in [4.78, 5) is 12.1. The number of anilines is 1. The molecule has 1 aliphatic rings. The van der Waals surface area contributed by atoms with E-state index in [1.54, 1.807) is 28.8 Å². The highest BCUT2D eigenvalue weighted by molar-refractivity contribution is 7.89. The van der Waals surface area contributed by atoms with Crippen molar-refractivity contribution in [2.45, 2.75) is 36.1 Å². The van der Waals surface area contributed by atoms with Crippen LogP contribution in [-0.4, -0.2) is 51.2 Å². The smallest absolute Gasteiger partial charge is 0.416 e. The number of fused-ring (bicyclic) bond motifs is 1. The van der Waals surface area contributed by atoms with Gasteiger partial charge < -0.3 is 9.73 Å². The number of halogens is 7. The van der Waals surface area contributed by atoms with Crippen LogP contribution in [0.25, 0.3) is 28.5 Å². The summed E-state index contributed by atoms with van der Waals surface area (Å²) in [5.41, 5.74) is -1.56. The lowest BCUT2D eigenvalue weighted by molar-refractivity contribution is -0.143. The van der Waals surface area contributed by atoms with Gasteiger partial charge in [0.25, 0.3) is 0 Å². The molecule has 1 fully saturated rings. The standard InChI is InChI=1S/C28H21F7N6O3S/c29-19-5-3-16(4-6-19)23-24(41-10-11-44-26(41)39-23)22-7-8-36-25(38-22)37-20-2-1-9-40(15-20)45(42,43)21-13-17(27(30,31)32)12-18(14-21)28(33,34)35/h3-8,10-14,20H,1-2,9,15H2,(H,36,37,38)/t20-/m1/s1. The van der Waals surface area contributed by atoms with Gasteiger partial charge in [0.05, 0.1) is 21.7 Å². The predicted octanol–water partition coefficient (Wildman–Crippen LogP) is 6.49. The van der Waals surface area contributed by atoms with Gasteiger partial charge in [0, 0.05) is 37.1 Å². The molecule has 1 saturated heterocycles. The van der Waals surface area contributed by atoms with Crippen LogP contribution in [0.1, 0.15) is 24.0 Å². The monoisotopic (exact) mass is 654 g/mol. The summed E-state index contributed by atoms with van der Waals surface area (Å²) >= 11 is 0. The molecule has 1 aliphatic heterocycles. The molecular formula is C28H21F7N6O3S. The van der Waals surface area contributed by atoms with E-state index in [1.807, 2.05) is 0 Å². The lowest BCUT2D eigenvalue weighted by atomic mass is 10.1. The highest BCUT2D eigenvalue weighted by atomic mass is 32.2. The van der Waals surface area contributed by atoms with Gasteiger partial charge >= 0.3 is 18.2 Å². The number of nitrogens with zero attached hydrogens (tertiary/aromatic N) is 5. The summed E-state index contributed by atoms with van der Waals surface area (Å²) in [6.45, 7) is -0.388. The molecule has 0 aliphatic carbocycles. The number of piperidine rings is 1. The Morgan fingerprint density at radius 3 is 2.29 bits per heavy atom. The Labute approximate surface area is 250 Å². The second kappa shape index (κ2) is 11.1. The molecule has 236 valence electrons. The quantitative estimate of drug-likeness (QED) is 0.209. The van der Waals surface area contributed by atoms with Crippen molar-refractivity contribution in [3.8, 4) is 22.6 Å². The van der Waals surface area contributed by atoms with E-state index in [9.17, 15) is 39.2 Å². The molecule has 0 spiro atoms.